The molecule has 2 heterocycles. The smallest absolute Gasteiger partial charge is 0.335 e. The van der Waals surface area contributed by atoms with Gasteiger partial charge in [-0.2, -0.15) is 5.26 Å². The van der Waals surface area contributed by atoms with Crippen molar-refractivity contribution in [3.05, 3.63) is 112 Å². The maximum absolute atomic E-state index is 15.4. The molecule has 5 rings (SSSR count). The molecule has 43 heavy (non-hydrogen) atoms. The number of halogens is 3. The minimum absolute atomic E-state index is 0.0510. The Kier molecular flexibility index (Phi) is 8.41. The van der Waals surface area contributed by atoms with Gasteiger partial charge in [0.25, 0.3) is 0 Å². The molecule has 0 atom stereocenters. The highest BCUT2D eigenvalue weighted by Gasteiger charge is 2.20. The molecule has 0 radical (unpaired) electrons. The third-order valence-electron chi connectivity index (χ3n) is 6.93. The van der Waals surface area contributed by atoms with Gasteiger partial charge >= 0.3 is 5.97 Å². The zero-order valence-electron chi connectivity index (χ0n) is 23.2. The molecular formula is C32H25F3N4O4. The third kappa shape index (κ3) is 6.19. The first-order chi connectivity index (χ1) is 20.7. The van der Waals surface area contributed by atoms with Crippen LogP contribution in [-0.4, -0.2) is 39.3 Å². The first-order valence-electron chi connectivity index (χ1n) is 13.2. The lowest BCUT2D eigenvalue weighted by molar-refractivity contribution is 0.0697. The topological polar surface area (TPSA) is 110 Å². The lowest BCUT2D eigenvalue weighted by atomic mass is 10.0. The quantitative estimate of drug-likeness (QED) is 0.207. The van der Waals surface area contributed by atoms with Gasteiger partial charge in [0.05, 0.1) is 40.5 Å². The zero-order chi connectivity index (χ0) is 30.7. The van der Waals surface area contributed by atoms with Crippen molar-refractivity contribution < 1.29 is 32.5 Å². The van der Waals surface area contributed by atoms with Gasteiger partial charge in [0.2, 0.25) is 5.88 Å². The van der Waals surface area contributed by atoms with E-state index >= 15 is 8.78 Å². The van der Waals surface area contributed by atoms with Crippen molar-refractivity contribution in [1.29, 1.82) is 5.26 Å². The summed E-state index contributed by atoms with van der Waals surface area (Å²) >= 11 is 0. The van der Waals surface area contributed by atoms with E-state index in [0.29, 0.717) is 35.6 Å². The second-order valence-corrected chi connectivity index (χ2v) is 9.81. The molecule has 0 spiro atoms. The number of carboxylic acid groups (broad SMARTS) is 1. The summed E-state index contributed by atoms with van der Waals surface area (Å²) in [5.41, 5.74) is 2.32. The Morgan fingerprint density at radius 3 is 2.51 bits per heavy atom. The minimum atomic E-state index is -1.08. The van der Waals surface area contributed by atoms with Gasteiger partial charge in [0, 0.05) is 37.3 Å². The van der Waals surface area contributed by atoms with Crippen molar-refractivity contribution in [1.82, 2.24) is 14.5 Å². The number of pyridine rings is 1. The molecule has 11 heteroatoms. The number of rotatable bonds is 10. The second-order valence-electron chi connectivity index (χ2n) is 9.81. The van der Waals surface area contributed by atoms with E-state index in [-0.39, 0.29) is 52.4 Å². The molecule has 8 nitrogen and oxygen atoms in total. The summed E-state index contributed by atoms with van der Waals surface area (Å²) in [6.07, 6.45) is -0.0595. The fourth-order valence-electron chi connectivity index (χ4n) is 4.75. The van der Waals surface area contributed by atoms with Crippen molar-refractivity contribution in [2.45, 2.75) is 26.5 Å². The first-order valence-corrected chi connectivity index (χ1v) is 13.2. The Bertz CT molecular complexity index is 1900. The number of ether oxygens (including phenoxy) is 2. The Balaban J connectivity index is 1.42. The zero-order valence-corrected chi connectivity index (χ0v) is 23.2. The number of benzene rings is 3. The van der Waals surface area contributed by atoms with Crippen LogP contribution >= 0.6 is 0 Å². The maximum Gasteiger partial charge on any atom is 0.335 e. The van der Waals surface area contributed by atoms with Gasteiger partial charge in [-0.3, -0.25) is 0 Å². The average Bonchev–Trinajstić information content (AvgIpc) is 3.34. The number of aryl methyl sites for hydroxylation is 1. The van der Waals surface area contributed by atoms with Crippen LogP contribution in [0.25, 0.3) is 22.3 Å². The molecule has 0 amide bonds. The van der Waals surface area contributed by atoms with Crippen LogP contribution in [0.2, 0.25) is 0 Å². The van der Waals surface area contributed by atoms with Crippen LogP contribution in [0, 0.1) is 35.7 Å². The van der Waals surface area contributed by atoms with Gasteiger partial charge in [0.1, 0.15) is 29.9 Å². The predicted molar refractivity (Wildman–Crippen MR) is 151 cm³/mol. The number of fused-ring (bicyclic) bond motifs is 1. The monoisotopic (exact) mass is 586 g/mol. The molecule has 0 saturated carbocycles. The highest BCUT2D eigenvalue weighted by molar-refractivity contribution is 5.94. The Labute approximate surface area is 244 Å². The first kappa shape index (κ1) is 29.3. The largest absolute Gasteiger partial charge is 0.478 e. The highest BCUT2D eigenvalue weighted by Crippen LogP contribution is 2.29. The van der Waals surface area contributed by atoms with Gasteiger partial charge in [-0.1, -0.05) is 12.1 Å². The summed E-state index contributed by atoms with van der Waals surface area (Å²) in [5, 5.41) is 18.4. The molecule has 2 aromatic heterocycles. The number of nitriles is 1. The third-order valence-corrected chi connectivity index (χ3v) is 6.93. The van der Waals surface area contributed by atoms with Crippen LogP contribution in [0.5, 0.6) is 5.88 Å². The van der Waals surface area contributed by atoms with Gasteiger partial charge < -0.3 is 19.1 Å². The fourth-order valence-corrected chi connectivity index (χ4v) is 4.75. The summed E-state index contributed by atoms with van der Waals surface area (Å²) in [4.78, 5) is 20.5. The molecule has 0 aliphatic heterocycles. The Morgan fingerprint density at radius 1 is 1.00 bits per heavy atom. The summed E-state index contributed by atoms with van der Waals surface area (Å²) in [5.74, 6) is -2.59. The molecule has 0 aliphatic rings. The van der Waals surface area contributed by atoms with E-state index in [4.69, 9.17) is 14.7 Å². The van der Waals surface area contributed by atoms with E-state index in [1.165, 1.54) is 43.5 Å². The minimum Gasteiger partial charge on any atom is -0.478 e. The van der Waals surface area contributed by atoms with Crippen LogP contribution in [0.15, 0.2) is 60.7 Å². The SMILES string of the molecule is COCCn1c(Cc2cc(F)c(-c3cccc(OCc4ccc(C#N)cc4F)n3)cc2F)nc2c(C)cc(C(=O)O)cc21. The second kappa shape index (κ2) is 12.3. The van der Waals surface area contributed by atoms with Crippen molar-refractivity contribution >= 4 is 17.0 Å². The van der Waals surface area contributed by atoms with E-state index < -0.39 is 23.4 Å². The van der Waals surface area contributed by atoms with Gasteiger partial charge in [0.15, 0.2) is 0 Å². The van der Waals surface area contributed by atoms with E-state index in [1.54, 1.807) is 17.6 Å². The standard InChI is InChI=1S/C32H25F3N4O4/c1-18-10-22(32(40)41)13-28-31(18)38-29(39(28)8-9-42-2)14-21-12-26(35)23(15-25(21)34)27-4-3-5-30(37-27)43-17-20-7-6-19(16-36)11-24(20)33/h3-7,10-13,15H,8-9,14,17H2,1-2H3,(H,40,41). The van der Waals surface area contributed by atoms with Crippen molar-refractivity contribution in [2.24, 2.45) is 0 Å². The fraction of sp³-hybridized carbons (Fsp3) is 0.188. The number of methoxy groups -OCH3 is 1. The molecule has 3 aromatic carbocycles. The van der Waals surface area contributed by atoms with Crippen LogP contribution in [0.4, 0.5) is 13.2 Å². The van der Waals surface area contributed by atoms with Crippen molar-refractivity contribution in [3.63, 3.8) is 0 Å². The molecule has 0 aliphatic carbocycles. The summed E-state index contributed by atoms with van der Waals surface area (Å²) in [6, 6.07) is 15.6. The number of nitrogens with zero attached hydrogens (tertiary/aromatic N) is 4. The number of imidazole rings is 1. The van der Waals surface area contributed by atoms with E-state index in [1.807, 2.05) is 6.07 Å². The molecule has 0 fully saturated rings. The van der Waals surface area contributed by atoms with Crippen molar-refractivity contribution in [2.75, 3.05) is 13.7 Å². The number of hydrogen-bond acceptors (Lipinski definition) is 6. The average molecular weight is 587 g/mol. The van der Waals surface area contributed by atoms with Gasteiger partial charge in [-0.05, 0) is 60.5 Å². The molecule has 5 aromatic rings. The van der Waals surface area contributed by atoms with Crippen LogP contribution < -0.4 is 4.74 Å². The van der Waals surface area contributed by atoms with Crippen LogP contribution in [0.1, 0.15) is 38.4 Å². The summed E-state index contributed by atoms with van der Waals surface area (Å²) in [6.45, 7) is 2.19. The van der Waals surface area contributed by atoms with E-state index in [2.05, 4.69) is 9.97 Å². The molecule has 218 valence electrons. The molecule has 0 saturated heterocycles. The van der Waals surface area contributed by atoms with Gasteiger partial charge in [-0.15, -0.1) is 0 Å². The normalized spacial score (nSPS) is 11.1. The van der Waals surface area contributed by atoms with E-state index in [9.17, 15) is 14.3 Å². The Hall–Kier alpha value is -5.21. The van der Waals surface area contributed by atoms with E-state index in [0.717, 1.165) is 18.2 Å². The lowest BCUT2D eigenvalue weighted by Crippen LogP contribution is -2.10. The summed E-state index contributed by atoms with van der Waals surface area (Å²) < 4.78 is 57.6. The lowest BCUT2D eigenvalue weighted by Gasteiger charge is -2.12. The maximum atomic E-state index is 15.4. The Morgan fingerprint density at radius 2 is 1.79 bits per heavy atom. The molecular weight excluding hydrogens is 561 g/mol. The number of carbonyl (C=O) groups is 1. The number of aromatic carboxylic acids is 1. The van der Waals surface area contributed by atoms with Crippen LogP contribution in [0.3, 0.4) is 0 Å². The summed E-state index contributed by atoms with van der Waals surface area (Å²) in [7, 11) is 1.53. The molecule has 0 unspecified atom stereocenters. The number of hydrogen-bond donors (Lipinski definition) is 1. The van der Waals surface area contributed by atoms with Crippen LogP contribution in [-0.2, 0) is 24.3 Å². The molecule has 0 bridgehead atoms. The highest BCUT2D eigenvalue weighted by atomic mass is 19.1. The van der Waals surface area contributed by atoms with Crippen molar-refractivity contribution in [3.8, 4) is 23.2 Å². The molecule has 1 N–H and O–H groups in total. The predicted octanol–water partition coefficient (Wildman–Crippen LogP) is 6.21. The van der Waals surface area contributed by atoms with Gasteiger partial charge in [-0.25, -0.2) is 27.9 Å². The number of carboxylic acids is 1. The number of aromatic nitrogens is 3.